The normalized spacial score (nSPS) is 23.2. The van der Waals surface area contributed by atoms with Crippen molar-refractivity contribution in [3.05, 3.63) is 35.1 Å². The minimum atomic E-state index is -0.101. The van der Waals surface area contributed by atoms with Gasteiger partial charge in [0.1, 0.15) is 5.82 Å². The highest BCUT2D eigenvalue weighted by Gasteiger charge is 2.32. The monoisotopic (exact) mass is 249 g/mol. The van der Waals surface area contributed by atoms with Crippen LogP contribution < -0.4 is 5.32 Å². The summed E-state index contributed by atoms with van der Waals surface area (Å²) >= 11 is 0. The molecule has 1 saturated carbocycles. The largest absolute Gasteiger partial charge is 0.316 e. The Balaban J connectivity index is 1.95. The highest BCUT2D eigenvalue weighted by molar-refractivity contribution is 5.32. The van der Waals surface area contributed by atoms with Crippen molar-refractivity contribution in [2.45, 2.75) is 39.5 Å². The Kier molecular flexibility index (Phi) is 4.39. The van der Waals surface area contributed by atoms with E-state index in [1.165, 1.54) is 24.0 Å². The maximum atomic E-state index is 13.3. The highest BCUT2D eigenvalue weighted by atomic mass is 19.1. The Morgan fingerprint density at radius 2 is 2.11 bits per heavy atom. The van der Waals surface area contributed by atoms with E-state index >= 15 is 0 Å². The minimum Gasteiger partial charge on any atom is -0.316 e. The van der Waals surface area contributed by atoms with E-state index in [0.29, 0.717) is 17.8 Å². The number of hydrogen-bond acceptors (Lipinski definition) is 1. The Morgan fingerprint density at radius 3 is 2.72 bits per heavy atom. The van der Waals surface area contributed by atoms with E-state index in [-0.39, 0.29) is 5.82 Å². The maximum Gasteiger partial charge on any atom is 0.123 e. The summed E-state index contributed by atoms with van der Waals surface area (Å²) in [7, 11) is 0. The van der Waals surface area contributed by atoms with Gasteiger partial charge in [-0.05, 0) is 73.9 Å². The van der Waals surface area contributed by atoms with Gasteiger partial charge in [0, 0.05) is 0 Å². The number of nitrogens with one attached hydrogen (secondary N) is 1. The van der Waals surface area contributed by atoms with Crippen molar-refractivity contribution in [3.63, 3.8) is 0 Å². The molecule has 2 heteroatoms. The van der Waals surface area contributed by atoms with Gasteiger partial charge in [-0.15, -0.1) is 0 Å². The first-order valence-electron chi connectivity index (χ1n) is 7.04. The van der Waals surface area contributed by atoms with Gasteiger partial charge in [0.25, 0.3) is 0 Å². The second kappa shape index (κ2) is 5.83. The molecular weight excluding hydrogens is 225 g/mol. The van der Waals surface area contributed by atoms with Crippen molar-refractivity contribution in [1.29, 1.82) is 0 Å². The zero-order valence-corrected chi connectivity index (χ0v) is 11.7. The van der Waals surface area contributed by atoms with Crippen molar-refractivity contribution in [1.82, 2.24) is 5.32 Å². The van der Waals surface area contributed by atoms with Crippen LogP contribution in [0.4, 0.5) is 4.39 Å². The molecule has 0 aromatic heterocycles. The number of halogens is 1. The fourth-order valence-corrected chi connectivity index (χ4v) is 2.79. The molecule has 1 aromatic carbocycles. The van der Waals surface area contributed by atoms with Crippen LogP contribution in [0.5, 0.6) is 0 Å². The Morgan fingerprint density at radius 1 is 1.33 bits per heavy atom. The summed E-state index contributed by atoms with van der Waals surface area (Å²) in [6.07, 6.45) is 2.48. The van der Waals surface area contributed by atoms with Crippen LogP contribution in [0.2, 0.25) is 0 Å². The molecule has 0 amide bonds. The van der Waals surface area contributed by atoms with Crippen LogP contribution in [-0.2, 0) is 0 Å². The van der Waals surface area contributed by atoms with E-state index in [2.05, 4.69) is 26.1 Å². The van der Waals surface area contributed by atoms with Gasteiger partial charge in [0.2, 0.25) is 0 Å². The molecule has 2 unspecified atom stereocenters. The Hall–Kier alpha value is -0.890. The smallest absolute Gasteiger partial charge is 0.123 e. The lowest BCUT2D eigenvalue weighted by Crippen LogP contribution is -2.35. The first-order valence-corrected chi connectivity index (χ1v) is 7.04. The molecule has 18 heavy (non-hydrogen) atoms. The zero-order chi connectivity index (χ0) is 13.1. The zero-order valence-electron chi connectivity index (χ0n) is 11.7. The lowest BCUT2D eigenvalue weighted by Gasteiger charge is -2.38. The molecule has 1 aromatic rings. The molecule has 1 fully saturated rings. The molecule has 0 saturated heterocycles. The van der Waals surface area contributed by atoms with Crippen molar-refractivity contribution in [2.24, 2.45) is 11.8 Å². The van der Waals surface area contributed by atoms with Crippen molar-refractivity contribution >= 4 is 0 Å². The molecular formula is C16H24FN. The van der Waals surface area contributed by atoms with Gasteiger partial charge in [-0.2, -0.15) is 0 Å². The summed E-state index contributed by atoms with van der Waals surface area (Å²) in [5.74, 6) is 1.83. The third kappa shape index (κ3) is 3.11. The number of benzene rings is 1. The van der Waals surface area contributed by atoms with Gasteiger partial charge in [0.05, 0.1) is 0 Å². The van der Waals surface area contributed by atoms with E-state index < -0.39 is 0 Å². The molecule has 1 aliphatic carbocycles. The fourth-order valence-electron chi connectivity index (χ4n) is 2.79. The lowest BCUT2D eigenvalue weighted by molar-refractivity contribution is 0.242. The standard InChI is InChI=1S/C16H24FN/c1-11(2)9-18-10-13-5-7-15(13)16-8-14(17)6-4-12(16)3/h4,6,8,11,13,15,18H,5,7,9-10H2,1-3H3. The third-order valence-corrected chi connectivity index (χ3v) is 4.02. The van der Waals surface area contributed by atoms with Gasteiger partial charge < -0.3 is 5.32 Å². The summed E-state index contributed by atoms with van der Waals surface area (Å²) in [5.41, 5.74) is 2.45. The van der Waals surface area contributed by atoms with Gasteiger partial charge in [-0.25, -0.2) is 4.39 Å². The first-order chi connectivity index (χ1) is 8.58. The molecule has 1 nitrogen and oxygen atoms in total. The average molecular weight is 249 g/mol. The lowest BCUT2D eigenvalue weighted by atomic mass is 9.69. The van der Waals surface area contributed by atoms with Gasteiger partial charge in [0.15, 0.2) is 0 Å². The summed E-state index contributed by atoms with van der Waals surface area (Å²) in [6.45, 7) is 8.68. The predicted octanol–water partition coefficient (Wildman–Crippen LogP) is 3.87. The molecule has 100 valence electrons. The molecule has 0 heterocycles. The quantitative estimate of drug-likeness (QED) is 0.835. The summed E-state index contributed by atoms with van der Waals surface area (Å²) in [5, 5.41) is 3.53. The molecule has 1 N–H and O–H groups in total. The number of hydrogen-bond donors (Lipinski definition) is 1. The van der Waals surface area contributed by atoms with Crippen molar-refractivity contribution < 1.29 is 4.39 Å². The fraction of sp³-hybridized carbons (Fsp3) is 0.625. The molecule has 0 radical (unpaired) electrons. The second-order valence-electron chi connectivity index (χ2n) is 6.00. The van der Waals surface area contributed by atoms with E-state index in [1.807, 2.05) is 6.07 Å². The predicted molar refractivity (Wildman–Crippen MR) is 74.3 cm³/mol. The van der Waals surface area contributed by atoms with Crippen LogP contribution in [0.25, 0.3) is 0 Å². The van der Waals surface area contributed by atoms with E-state index in [0.717, 1.165) is 13.1 Å². The van der Waals surface area contributed by atoms with Crippen LogP contribution in [0.3, 0.4) is 0 Å². The molecule has 2 atom stereocenters. The number of aryl methyl sites for hydroxylation is 1. The van der Waals surface area contributed by atoms with Gasteiger partial charge in [-0.3, -0.25) is 0 Å². The molecule has 0 aliphatic heterocycles. The summed E-state index contributed by atoms with van der Waals surface area (Å²) in [4.78, 5) is 0. The Bertz CT molecular complexity index is 400. The van der Waals surface area contributed by atoms with Crippen molar-refractivity contribution in [3.8, 4) is 0 Å². The summed E-state index contributed by atoms with van der Waals surface area (Å²) in [6, 6.07) is 5.19. The average Bonchev–Trinajstić information content (AvgIpc) is 2.27. The van der Waals surface area contributed by atoms with E-state index in [9.17, 15) is 4.39 Å². The first kappa shape index (κ1) is 13.5. The Labute approximate surface area is 110 Å². The summed E-state index contributed by atoms with van der Waals surface area (Å²) < 4.78 is 13.3. The van der Waals surface area contributed by atoms with Crippen molar-refractivity contribution in [2.75, 3.05) is 13.1 Å². The van der Waals surface area contributed by atoms with Gasteiger partial charge >= 0.3 is 0 Å². The minimum absolute atomic E-state index is 0.101. The topological polar surface area (TPSA) is 12.0 Å². The van der Waals surface area contributed by atoms with Crippen LogP contribution in [-0.4, -0.2) is 13.1 Å². The second-order valence-corrected chi connectivity index (χ2v) is 6.00. The highest BCUT2D eigenvalue weighted by Crippen LogP contribution is 2.43. The van der Waals surface area contributed by atoms with Crippen LogP contribution in [0.15, 0.2) is 18.2 Å². The van der Waals surface area contributed by atoms with Gasteiger partial charge in [-0.1, -0.05) is 19.9 Å². The maximum absolute atomic E-state index is 13.3. The molecule has 2 rings (SSSR count). The molecule has 0 bridgehead atoms. The molecule has 1 aliphatic rings. The van der Waals surface area contributed by atoms with Crippen LogP contribution >= 0.6 is 0 Å². The number of rotatable bonds is 5. The van der Waals surface area contributed by atoms with E-state index in [1.54, 1.807) is 12.1 Å². The van der Waals surface area contributed by atoms with Crippen LogP contribution in [0.1, 0.15) is 43.7 Å². The van der Waals surface area contributed by atoms with E-state index in [4.69, 9.17) is 0 Å². The SMILES string of the molecule is Cc1ccc(F)cc1C1CCC1CNCC(C)C. The molecule has 0 spiro atoms. The third-order valence-electron chi connectivity index (χ3n) is 4.02. The van der Waals surface area contributed by atoms with Crippen LogP contribution in [0, 0.1) is 24.6 Å².